The van der Waals surface area contributed by atoms with Crippen molar-refractivity contribution in [3.05, 3.63) is 23.8 Å². The summed E-state index contributed by atoms with van der Waals surface area (Å²) in [4.78, 5) is 29.9. The largest absolute Gasteiger partial charge is 0.491 e. The SMILES string of the molecule is CO[C@H]1CN(C)C(=O)c2ccc(NC(=O)C3CC3)cc2OC[C@@H](C)N(CC2CCOCC2)C[C@@H]1C. The van der Waals surface area contributed by atoms with Crippen molar-refractivity contribution in [3.63, 3.8) is 0 Å². The molecule has 1 saturated carbocycles. The quantitative estimate of drug-likeness (QED) is 0.687. The highest BCUT2D eigenvalue weighted by Crippen LogP contribution is 2.32. The molecule has 0 spiro atoms. The Morgan fingerprint density at radius 2 is 1.89 bits per heavy atom. The third-order valence-corrected chi connectivity index (χ3v) is 7.63. The molecule has 1 saturated heterocycles. The first-order valence-electron chi connectivity index (χ1n) is 13.0. The molecule has 1 aromatic rings. The van der Waals surface area contributed by atoms with Gasteiger partial charge in [-0.25, -0.2) is 0 Å². The van der Waals surface area contributed by atoms with E-state index in [1.165, 1.54) is 0 Å². The first kappa shape index (κ1) is 25.9. The van der Waals surface area contributed by atoms with Gasteiger partial charge in [0.1, 0.15) is 12.4 Å². The van der Waals surface area contributed by atoms with E-state index in [1.54, 1.807) is 30.2 Å². The van der Waals surface area contributed by atoms with Gasteiger partial charge in [0, 0.05) is 70.7 Å². The Morgan fingerprint density at radius 1 is 1.14 bits per heavy atom. The molecule has 8 heteroatoms. The third-order valence-electron chi connectivity index (χ3n) is 7.63. The maximum absolute atomic E-state index is 13.4. The topological polar surface area (TPSA) is 80.3 Å². The molecule has 0 aromatic heterocycles. The van der Waals surface area contributed by atoms with E-state index >= 15 is 0 Å². The number of ether oxygens (including phenoxy) is 3. The standard InChI is InChI=1S/C27H41N3O5/c1-18-14-30(15-20-9-11-34-12-10-20)19(2)17-35-24-13-22(28-26(31)21-5-6-21)7-8-23(24)27(32)29(3)16-25(18)33-4/h7-8,13,18-21,25H,5-6,9-12,14-17H2,1-4H3,(H,28,31)/t18-,19+,25-/m0/s1. The zero-order valence-electron chi connectivity index (χ0n) is 21.6. The molecular formula is C27H41N3O5. The van der Waals surface area contributed by atoms with Crippen molar-refractivity contribution in [2.45, 2.75) is 51.7 Å². The maximum atomic E-state index is 13.4. The van der Waals surface area contributed by atoms with Crippen LogP contribution in [-0.4, -0.2) is 87.4 Å². The lowest BCUT2D eigenvalue weighted by Gasteiger charge is -2.38. The summed E-state index contributed by atoms with van der Waals surface area (Å²) in [7, 11) is 3.53. The highest BCUT2D eigenvalue weighted by molar-refractivity contribution is 5.99. The van der Waals surface area contributed by atoms with E-state index in [1.807, 2.05) is 7.05 Å². The van der Waals surface area contributed by atoms with Crippen LogP contribution in [0.15, 0.2) is 18.2 Å². The van der Waals surface area contributed by atoms with Gasteiger partial charge in [0.25, 0.3) is 5.91 Å². The number of hydrogen-bond acceptors (Lipinski definition) is 6. The summed E-state index contributed by atoms with van der Waals surface area (Å²) in [5.74, 6) is 1.40. The van der Waals surface area contributed by atoms with E-state index in [9.17, 15) is 9.59 Å². The first-order valence-corrected chi connectivity index (χ1v) is 13.0. The van der Waals surface area contributed by atoms with Crippen LogP contribution in [0, 0.1) is 17.8 Å². The molecule has 8 nitrogen and oxygen atoms in total. The zero-order valence-corrected chi connectivity index (χ0v) is 21.6. The molecule has 3 aliphatic rings. The number of methoxy groups -OCH3 is 1. The van der Waals surface area contributed by atoms with Crippen molar-refractivity contribution >= 4 is 17.5 Å². The number of fused-ring (bicyclic) bond motifs is 1. The van der Waals surface area contributed by atoms with Gasteiger partial charge in [-0.3, -0.25) is 14.5 Å². The van der Waals surface area contributed by atoms with E-state index < -0.39 is 0 Å². The summed E-state index contributed by atoms with van der Waals surface area (Å²) in [5.41, 5.74) is 1.17. The lowest BCUT2D eigenvalue weighted by molar-refractivity contribution is -0.117. The smallest absolute Gasteiger partial charge is 0.257 e. The second-order valence-electron chi connectivity index (χ2n) is 10.6. The number of carbonyl (C=O) groups excluding carboxylic acids is 2. The molecule has 2 heterocycles. The van der Waals surface area contributed by atoms with Crippen LogP contribution in [0.25, 0.3) is 0 Å². The molecule has 1 aliphatic carbocycles. The zero-order chi connectivity index (χ0) is 24.9. The average Bonchev–Trinajstić information content (AvgIpc) is 3.71. The Balaban J connectivity index is 1.58. The van der Waals surface area contributed by atoms with E-state index in [0.717, 1.165) is 52.0 Å². The van der Waals surface area contributed by atoms with Crippen LogP contribution >= 0.6 is 0 Å². The predicted octanol–water partition coefficient (Wildman–Crippen LogP) is 3.27. The average molecular weight is 488 g/mol. The van der Waals surface area contributed by atoms with Gasteiger partial charge in [-0.1, -0.05) is 6.92 Å². The van der Waals surface area contributed by atoms with Crippen LogP contribution in [0.4, 0.5) is 5.69 Å². The molecule has 35 heavy (non-hydrogen) atoms. The number of hydrogen-bond donors (Lipinski definition) is 1. The molecule has 0 bridgehead atoms. The normalized spacial score (nSPS) is 27.4. The summed E-state index contributed by atoms with van der Waals surface area (Å²) in [6.07, 6.45) is 3.97. The number of nitrogens with one attached hydrogen (secondary N) is 1. The van der Waals surface area contributed by atoms with E-state index in [4.69, 9.17) is 14.2 Å². The number of nitrogens with zero attached hydrogens (tertiary/aromatic N) is 2. The van der Waals surface area contributed by atoms with E-state index in [0.29, 0.717) is 36.1 Å². The summed E-state index contributed by atoms with van der Waals surface area (Å²) < 4.78 is 17.7. The molecule has 0 radical (unpaired) electrons. The number of anilines is 1. The van der Waals surface area contributed by atoms with Gasteiger partial charge in [-0.2, -0.15) is 0 Å². The summed E-state index contributed by atoms with van der Waals surface area (Å²) >= 11 is 0. The molecule has 194 valence electrons. The fraction of sp³-hybridized carbons (Fsp3) is 0.704. The van der Waals surface area contributed by atoms with Gasteiger partial charge >= 0.3 is 0 Å². The van der Waals surface area contributed by atoms with Gasteiger partial charge in [0.15, 0.2) is 0 Å². The Labute approximate surface area is 209 Å². The third kappa shape index (κ3) is 6.74. The van der Waals surface area contributed by atoms with Crippen molar-refractivity contribution in [2.75, 3.05) is 58.9 Å². The van der Waals surface area contributed by atoms with Crippen molar-refractivity contribution in [1.82, 2.24) is 9.80 Å². The Morgan fingerprint density at radius 3 is 2.57 bits per heavy atom. The number of amides is 2. The first-order chi connectivity index (χ1) is 16.9. The van der Waals surface area contributed by atoms with Gasteiger partial charge in [-0.05, 0) is 56.6 Å². The maximum Gasteiger partial charge on any atom is 0.257 e. The Hall–Kier alpha value is -2.16. The molecule has 1 N–H and O–H groups in total. The van der Waals surface area contributed by atoms with Crippen LogP contribution < -0.4 is 10.1 Å². The highest BCUT2D eigenvalue weighted by atomic mass is 16.5. The van der Waals surface area contributed by atoms with Gasteiger partial charge in [0.05, 0.1) is 11.7 Å². The van der Waals surface area contributed by atoms with Crippen LogP contribution in [-0.2, 0) is 14.3 Å². The lowest BCUT2D eigenvalue weighted by atomic mass is 9.96. The van der Waals surface area contributed by atoms with Crippen molar-refractivity contribution in [1.29, 1.82) is 0 Å². The van der Waals surface area contributed by atoms with E-state index in [-0.39, 0.29) is 35.8 Å². The second-order valence-corrected chi connectivity index (χ2v) is 10.6. The molecule has 2 amide bonds. The molecule has 4 rings (SSSR count). The fourth-order valence-electron chi connectivity index (χ4n) is 5.03. The molecule has 2 fully saturated rings. The molecule has 3 atom stereocenters. The lowest BCUT2D eigenvalue weighted by Crippen LogP contribution is -2.48. The minimum Gasteiger partial charge on any atom is -0.491 e. The van der Waals surface area contributed by atoms with Gasteiger partial charge < -0.3 is 24.4 Å². The monoisotopic (exact) mass is 487 g/mol. The Kier molecular flexibility index (Phi) is 8.68. The summed E-state index contributed by atoms with van der Waals surface area (Å²) in [6.45, 7) is 8.86. The fourth-order valence-corrected chi connectivity index (χ4v) is 5.03. The van der Waals surface area contributed by atoms with Crippen molar-refractivity contribution < 1.29 is 23.8 Å². The molecule has 0 unspecified atom stereocenters. The number of rotatable bonds is 5. The number of likely N-dealkylation sites (N-methyl/N-ethyl adjacent to an activating group) is 1. The van der Waals surface area contributed by atoms with Crippen molar-refractivity contribution in [2.24, 2.45) is 17.8 Å². The minimum absolute atomic E-state index is 0.0366. The number of carbonyl (C=O) groups is 2. The van der Waals surface area contributed by atoms with Gasteiger partial charge in [-0.15, -0.1) is 0 Å². The molecule has 2 aliphatic heterocycles. The summed E-state index contributed by atoms with van der Waals surface area (Å²) in [6, 6.07) is 5.50. The van der Waals surface area contributed by atoms with Crippen molar-refractivity contribution in [3.8, 4) is 5.75 Å². The predicted molar refractivity (Wildman–Crippen MR) is 135 cm³/mol. The van der Waals surface area contributed by atoms with Crippen LogP contribution in [0.1, 0.15) is 49.9 Å². The van der Waals surface area contributed by atoms with Crippen LogP contribution in [0.2, 0.25) is 0 Å². The van der Waals surface area contributed by atoms with Gasteiger partial charge in [0.2, 0.25) is 5.91 Å². The highest BCUT2D eigenvalue weighted by Gasteiger charge is 2.31. The summed E-state index contributed by atoms with van der Waals surface area (Å²) in [5, 5.41) is 2.98. The number of benzene rings is 1. The van der Waals surface area contributed by atoms with Crippen LogP contribution in [0.5, 0.6) is 5.75 Å². The van der Waals surface area contributed by atoms with E-state index in [2.05, 4.69) is 24.1 Å². The Bertz CT molecular complexity index is 884. The second kappa shape index (κ2) is 11.7. The molecular weight excluding hydrogens is 446 g/mol. The minimum atomic E-state index is -0.110. The molecule has 1 aromatic carbocycles. The van der Waals surface area contributed by atoms with Crippen LogP contribution in [0.3, 0.4) is 0 Å².